The number of nitrogens with one attached hydrogen (secondary N) is 1. The van der Waals surface area contributed by atoms with Crippen molar-refractivity contribution in [3.63, 3.8) is 0 Å². The molecule has 1 N–H and O–H groups in total. The average molecular weight is 274 g/mol. The van der Waals surface area contributed by atoms with Gasteiger partial charge in [0, 0.05) is 43.6 Å². The molecule has 4 nitrogen and oxygen atoms in total. The highest BCUT2D eigenvalue weighted by Crippen LogP contribution is 2.18. The molecule has 0 spiro atoms. The normalized spacial score (nSPS) is 21.1. The summed E-state index contributed by atoms with van der Waals surface area (Å²) < 4.78 is 0. The predicted molar refractivity (Wildman–Crippen MR) is 81.8 cm³/mol. The van der Waals surface area contributed by atoms with Gasteiger partial charge >= 0.3 is 0 Å². The van der Waals surface area contributed by atoms with Crippen LogP contribution in [0.1, 0.15) is 56.9 Å². The first-order chi connectivity index (χ1) is 9.92. The summed E-state index contributed by atoms with van der Waals surface area (Å²) in [5, 5.41) is 3.67. The molecule has 2 heterocycles. The minimum atomic E-state index is 0.691. The number of anilines is 1. The molecule has 1 aromatic heterocycles. The van der Waals surface area contributed by atoms with Crippen LogP contribution in [-0.2, 0) is 6.54 Å². The molecule has 3 rings (SSSR count). The van der Waals surface area contributed by atoms with Gasteiger partial charge in [0.2, 0.25) is 5.95 Å². The van der Waals surface area contributed by atoms with Gasteiger partial charge in [-0.1, -0.05) is 25.7 Å². The predicted octanol–water partition coefficient (Wildman–Crippen LogP) is 2.89. The lowest BCUT2D eigenvalue weighted by Gasteiger charge is -2.17. The maximum atomic E-state index is 4.52. The van der Waals surface area contributed by atoms with E-state index in [1.165, 1.54) is 56.9 Å². The zero-order chi connectivity index (χ0) is 13.6. The monoisotopic (exact) mass is 274 g/mol. The topological polar surface area (TPSA) is 41.1 Å². The van der Waals surface area contributed by atoms with Gasteiger partial charge in [0.15, 0.2) is 0 Å². The van der Waals surface area contributed by atoms with Crippen LogP contribution in [-0.4, -0.2) is 29.1 Å². The molecule has 1 aromatic rings. The molecule has 20 heavy (non-hydrogen) atoms. The zero-order valence-electron chi connectivity index (χ0n) is 12.4. The molecule has 0 atom stereocenters. The van der Waals surface area contributed by atoms with Gasteiger partial charge in [-0.25, -0.2) is 9.97 Å². The Hall–Kier alpha value is -1.16. The van der Waals surface area contributed by atoms with Gasteiger partial charge < -0.3 is 10.2 Å². The lowest BCUT2D eigenvalue weighted by Crippen LogP contribution is -2.28. The van der Waals surface area contributed by atoms with Crippen molar-refractivity contribution in [2.75, 3.05) is 18.0 Å². The Morgan fingerprint density at radius 1 is 0.950 bits per heavy atom. The molecule has 1 aliphatic heterocycles. The van der Waals surface area contributed by atoms with Crippen molar-refractivity contribution in [3.8, 4) is 0 Å². The zero-order valence-corrected chi connectivity index (χ0v) is 12.4. The third kappa shape index (κ3) is 3.69. The quantitative estimate of drug-likeness (QED) is 0.857. The van der Waals surface area contributed by atoms with Crippen LogP contribution in [0.25, 0.3) is 0 Å². The molecule has 1 saturated carbocycles. The van der Waals surface area contributed by atoms with E-state index in [0.29, 0.717) is 6.04 Å². The smallest absolute Gasteiger partial charge is 0.225 e. The number of aromatic nitrogens is 2. The molecule has 0 aromatic carbocycles. The Kier molecular flexibility index (Phi) is 4.85. The largest absolute Gasteiger partial charge is 0.341 e. The number of rotatable bonds is 4. The van der Waals surface area contributed by atoms with E-state index in [-0.39, 0.29) is 0 Å². The van der Waals surface area contributed by atoms with Gasteiger partial charge in [-0.2, -0.15) is 0 Å². The second kappa shape index (κ2) is 7.02. The summed E-state index contributed by atoms with van der Waals surface area (Å²) >= 11 is 0. The summed E-state index contributed by atoms with van der Waals surface area (Å²) in [6, 6.07) is 0.691. The standard InChI is InChI=1S/C16H26N4/c1-2-4-8-15(7-3-1)17-11-14-12-18-16(19-13-14)20-9-5-6-10-20/h12-13,15,17H,1-11H2. The molecular weight excluding hydrogens is 248 g/mol. The van der Waals surface area contributed by atoms with Crippen molar-refractivity contribution in [2.45, 2.75) is 64.0 Å². The summed E-state index contributed by atoms with van der Waals surface area (Å²) in [4.78, 5) is 11.3. The van der Waals surface area contributed by atoms with Gasteiger partial charge in [-0.3, -0.25) is 0 Å². The van der Waals surface area contributed by atoms with E-state index in [9.17, 15) is 0 Å². The molecule has 2 aliphatic rings. The van der Waals surface area contributed by atoms with Gasteiger partial charge in [0.05, 0.1) is 0 Å². The molecule has 2 fully saturated rings. The fourth-order valence-corrected chi connectivity index (χ4v) is 3.27. The Balaban J connectivity index is 1.49. The summed E-state index contributed by atoms with van der Waals surface area (Å²) in [5.74, 6) is 0.903. The van der Waals surface area contributed by atoms with Gasteiger partial charge in [0.25, 0.3) is 0 Å². The highest BCUT2D eigenvalue weighted by Gasteiger charge is 2.15. The summed E-state index contributed by atoms with van der Waals surface area (Å²) in [6.45, 7) is 3.13. The van der Waals surface area contributed by atoms with Crippen molar-refractivity contribution >= 4 is 5.95 Å². The Bertz CT molecular complexity index is 389. The van der Waals surface area contributed by atoms with Crippen LogP contribution in [0, 0.1) is 0 Å². The number of hydrogen-bond donors (Lipinski definition) is 1. The van der Waals surface area contributed by atoms with Gasteiger partial charge in [-0.05, 0) is 25.7 Å². The average Bonchev–Trinajstić information content (AvgIpc) is 2.90. The van der Waals surface area contributed by atoms with Crippen LogP contribution in [0.3, 0.4) is 0 Å². The number of hydrogen-bond acceptors (Lipinski definition) is 4. The molecule has 0 unspecified atom stereocenters. The van der Waals surface area contributed by atoms with Crippen LogP contribution >= 0.6 is 0 Å². The van der Waals surface area contributed by atoms with E-state index in [2.05, 4.69) is 20.2 Å². The third-order valence-corrected chi connectivity index (χ3v) is 4.53. The Morgan fingerprint density at radius 3 is 2.25 bits per heavy atom. The molecular formula is C16H26N4. The van der Waals surface area contributed by atoms with E-state index in [4.69, 9.17) is 0 Å². The SMILES string of the molecule is c1nc(N2CCCC2)ncc1CNC1CCCCCC1. The summed E-state index contributed by atoms with van der Waals surface area (Å²) in [7, 11) is 0. The molecule has 1 aliphatic carbocycles. The first-order valence-corrected chi connectivity index (χ1v) is 8.21. The van der Waals surface area contributed by atoms with Crippen molar-refractivity contribution in [2.24, 2.45) is 0 Å². The maximum absolute atomic E-state index is 4.52. The van der Waals surface area contributed by atoms with Crippen LogP contribution in [0.2, 0.25) is 0 Å². The van der Waals surface area contributed by atoms with E-state index < -0.39 is 0 Å². The fourth-order valence-electron chi connectivity index (χ4n) is 3.27. The van der Waals surface area contributed by atoms with Crippen molar-refractivity contribution < 1.29 is 0 Å². The highest BCUT2D eigenvalue weighted by molar-refractivity contribution is 5.30. The van der Waals surface area contributed by atoms with Crippen LogP contribution in [0.15, 0.2) is 12.4 Å². The molecule has 4 heteroatoms. The fraction of sp³-hybridized carbons (Fsp3) is 0.750. The van der Waals surface area contributed by atoms with E-state index in [1.807, 2.05) is 12.4 Å². The second-order valence-corrected chi connectivity index (χ2v) is 6.15. The second-order valence-electron chi connectivity index (χ2n) is 6.15. The highest BCUT2D eigenvalue weighted by atomic mass is 15.3. The first kappa shape index (κ1) is 13.8. The van der Waals surface area contributed by atoms with Crippen molar-refractivity contribution in [1.29, 1.82) is 0 Å². The number of nitrogens with zero attached hydrogens (tertiary/aromatic N) is 3. The van der Waals surface area contributed by atoms with Gasteiger partial charge in [0.1, 0.15) is 0 Å². The lowest BCUT2D eigenvalue weighted by atomic mass is 10.1. The van der Waals surface area contributed by atoms with Gasteiger partial charge in [-0.15, -0.1) is 0 Å². The Morgan fingerprint density at radius 2 is 1.60 bits per heavy atom. The summed E-state index contributed by atoms with van der Waals surface area (Å²) in [5.41, 5.74) is 1.21. The van der Waals surface area contributed by atoms with Crippen molar-refractivity contribution in [3.05, 3.63) is 18.0 Å². The molecule has 0 amide bonds. The van der Waals surface area contributed by atoms with E-state index in [0.717, 1.165) is 25.6 Å². The molecule has 1 saturated heterocycles. The minimum absolute atomic E-state index is 0.691. The first-order valence-electron chi connectivity index (χ1n) is 8.21. The minimum Gasteiger partial charge on any atom is -0.341 e. The van der Waals surface area contributed by atoms with Crippen LogP contribution in [0.5, 0.6) is 0 Å². The molecule has 0 radical (unpaired) electrons. The molecule has 110 valence electrons. The van der Waals surface area contributed by atoms with E-state index >= 15 is 0 Å². The van der Waals surface area contributed by atoms with Crippen molar-refractivity contribution in [1.82, 2.24) is 15.3 Å². The third-order valence-electron chi connectivity index (χ3n) is 4.53. The van der Waals surface area contributed by atoms with E-state index in [1.54, 1.807) is 0 Å². The Labute approximate surface area is 122 Å². The lowest BCUT2D eigenvalue weighted by molar-refractivity contribution is 0.458. The van der Waals surface area contributed by atoms with Crippen LogP contribution < -0.4 is 10.2 Å². The summed E-state index contributed by atoms with van der Waals surface area (Å²) in [6.07, 6.45) is 14.7. The van der Waals surface area contributed by atoms with Crippen LogP contribution in [0.4, 0.5) is 5.95 Å². The molecule has 0 bridgehead atoms. The maximum Gasteiger partial charge on any atom is 0.225 e.